The minimum absolute atomic E-state index is 0.110. The van der Waals surface area contributed by atoms with Crippen LogP contribution in [0.15, 0.2) is 30.5 Å². The minimum atomic E-state index is -1.77. The van der Waals surface area contributed by atoms with Crippen molar-refractivity contribution in [2.45, 2.75) is 230 Å². The molecule has 596 valence electrons. The Balaban J connectivity index is 2.46. The Morgan fingerprint density at radius 3 is 1.19 bits per heavy atom. The van der Waals surface area contributed by atoms with Crippen LogP contribution in [0.4, 0.5) is 0 Å². The van der Waals surface area contributed by atoms with E-state index in [4.69, 9.17) is 22.3 Å². The van der Waals surface area contributed by atoms with E-state index in [1.165, 1.54) is 20.8 Å². The number of benzene rings is 1. The molecule has 25 N–H and O–H groups in total. The molecular formula is C67H104N16O24. The maximum Gasteiger partial charge on any atom is 0.328 e. The molecule has 0 unspecified atom stereocenters. The number of aliphatic hydroxyl groups excluding tert-OH is 1. The summed E-state index contributed by atoms with van der Waals surface area (Å²) in [6.07, 6.45) is -4.51. The summed E-state index contributed by atoms with van der Waals surface area (Å²) in [7, 11) is 0. The topological polar surface area (TPSA) is 667 Å². The molecule has 0 spiro atoms. The molecular weight excluding hydrogens is 1410 g/mol. The molecule has 0 aliphatic heterocycles. The molecule has 0 radical (unpaired) electrons. The zero-order chi connectivity index (χ0) is 81.1. The summed E-state index contributed by atoms with van der Waals surface area (Å²) in [6, 6.07) is -14.1. The lowest BCUT2D eigenvalue weighted by Crippen LogP contribution is -2.61. The lowest BCUT2D eigenvalue weighted by molar-refractivity contribution is -0.144. The van der Waals surface area contributed by atoms with Gasteiger partial charge in [-0.15, -0.1) is 0 Å². The number of amides is 13. The Kier molecular flexibility index (Phi) is 39.7. The summed E-state index contributed by atoms with van der Waals surface area (Å²) in [5.41, 5.74) is 18.0. The predicted octanol–water partition coefficient (Wildman–Crippen LogP) is -4.82. The van der Waals surface area contributed by atoms with Crippen molar-refractivity contribution in [2.24, 2.45) is 35.0 Å². The van der Waals surface area contributed by atoms with Crippen molar-refractivity contribution < 1.29 is 117 Å². The fraction of sp³-hybridized carbons (Fsp3) is 0.612. The third kappa shape index (κ3) is 33.8. The van der Waals surface area contributed by atoms with Gasteiger partial charge >= 0.3 is 29.8 Å². The molecule has 40 heteroatoms. The highest BCUT2D eigenvalue weighted by Gasteiger charge is 2.38. The normalized spacial score (nSPS) is 14.9. The van der Waals surface area contributed by atoms with E-state index in [-0.39, 0.29) is 50.5 Å². The van der Waals surface area contributed by atoms with E-state index in [1.807, 2.05) is 0 Å². The van der Waals surface area contributed by atoms with Crippen molar-refractivity contribution in [1.82, 2.24) is 68.8 Å². The number of carboxylic acid groups (broad SMARTS) is 5. The molecule has 13 amide bonds. The van der Waals surface area contributed by atoms with Gasteiger partial charge in [0.15, 0.2) is 0 Å². The number of aromatic amines is 1. The van der Waals surface area contributed by atoms with Crippen LogP contribution in [-0.2, 0) is 92.7 Å². The smallest absolute Gasteiger partial charge is 0.328 e. The van der Waals surface area contributed by atoms with Gasteiger partial charge in [0.05, 0.1) is 19.1 Å². The van der Waals surface area contributed by atoms with Crippen molar-refractivity contribution in [3.05, 3.63) is 36.0 Å². The third-order valence-corrected chi connectivity index (χ3v) is 16.4. The number of para-hydroxylation sites is 1. The highest BCUT2D eigenvalue weighted by Crippen LogP contribution is 2.21. The summed E-state index contributed by atoms with van der Waals surface area (Å²) in [5, 5.41) is 86.0. The first-order valence-corrected chi connectivity index (χ1v) is 34.7. The number of primary amides is 1. The van der Waals surface area contributed by atoms with E-state index in [0.29, 0.717) is 22.9 Å². The van der Waals surface area contributed by atoms with Crippen LogP contribution in [0.25, 0.3) is 10.9 Å². The number of nitrogens with two attached hydrogens (primary N) is 3. The summed E-state index contributed by atoms with van der Waals surface area (Å²) < 4.78 is 0. The van der Waals surface area contributed by atoms with E-state index >= 15 is 0 Å². The van der Waals surface area contributed by atoms with Gasteiger partial charge in [0.2, 0.25) is 76.8 Å². The zero-order valence-corrected chi connectivity index (χ0v) is 60.9. The van der Waals surface area contributed by atoms with Crippen LogP contribution >= 0.6 is 0 Å². The summed E-state index contributed by atoms with van der Waals surface area (Å²) in [4.78, 5) is 240. The number of carbonyl (C=O) groups is 18. The summed E-state index contributed by atoms with van der Waals surface area (Å²) >= 11 is 0. The number of nitrogens with one attached hydrogen (secondary N) is 13. The van der Waals surface area contributed by atoms with Gasteiger partial charge in [-0.1, -0.05) is 59.7 Å². The number of hydrogen-bond donors (Lipinski definition) is 22. The standard InChI is InChI=1S/C67H104N16O24/c1-31(2)25-45(63(102)73-34(7)55(94)74-43(18-22-51(88)89)62(101)81-47(27-36-29-71-39-14-10-9-13-37(36)39)65(104)83-54(33(5)6)66(105)82-48(30-84)67(106)107)80-61(100)41(16-20-49(70)85)77-59(98)40(15-11-12-24-68)76-64(103)46(26-32(3)4)79-56(95)35(8)72-58(97)42(17-21-50(86)87)78-60(99)44(19-23-52(90)91)75-57(96)38(69)28-53(92)93/h9-10,13-14,29,31-35,38,40-48,54,71,84H,11-12,15-28,30,68-69H2,1-8H3,(H2,70,85)(H,72,97)(H,73,102)(H,74,94)(H,75,96)(H,76,103)(H,77,98)(H,78,99)(H,79,95)(H,80,100)(H,81,101)(H,82,105)(H,83,104)(H,86,87)(H,88,89)(H,90,91)(H,92,93)(H,106,107)/t34-,35-,38-,40-,41-,42-,43-,44-,45-,46-,47-,48-,54-/m0/s1. The number of rotatable bonds is 51. The predicted molar refractivity (Wildman–Crippen MR) is 377 cm³/mol. The molecule has 0 bridgehead atoms. The van der Waals surface area contributed by atoms with Crippen LogP contribution in [0.2, 0.25) is 0 Å². The quantitative estimate of drug-likeness (QED) is 0.0276. The second-order valence-electron chi connectivity index (χ2n) is 26.9. The first-order chi connectivity index (χ1) is 50.1. The van der Waals surface area contributed by atoms with Gasteiger partial charge in [-0.2, -0.15) is 0 Å². The molecule has 2 rings (SSSR count). The van der Waals surface area contributed by atoms with Crippen LogP contribution < -0.4 is 81.0 Å². The highest BCUT2D eigenvalue weighted by atomic mass is 16.4. The molecule has 40 nitrogen and oxygen atoms in total. The second-order valence-corrected chi connectivity index (χ2v) is 26.9. The lowest BCUT2D eigenvalue weighted by Gasteiger charge is -2.28. The van der Waals surface area contributed by atoms with Crippen LogP contribution in [0.1, 0.15) is 151 Å². The number of unbranched alkanes of at least 4 members (excludes halogenated alkanes) is 1. The van der Waals surface area contributed by atoms with Crippen molar-refractivity contribution >= 4 is 118 Å². The van der Waals surface area contributed by atoms with Crippen LogP contribution in [0.3, 0.4) is 0 Å². The van der Waals surface area contributed by atoms with Crippen molar-refractivity contribution in [1.29, 1.82) is 0 Å². The summed E-state index contributed by atoms with van der Waals surface area (Å²) in [5.74, 6) is -22.5. The van der Waals surface area contributed by atoms with Crippen molar-refractivity contribution in [2.75, 3.05) is 13.2 Å². The molecule has 0 saturated carbocycles. The van der Waals surface area contributed by atoms with Gasteiger partial charge in [0.1, 0.15) is 72.5 Å². The Bertz CT molecular complexity index is 3470. The zero-order valence-electron chi connectivity index (χ0n) is 60.9. The van der Waals surface area contributed by atoms with Gasteiger partial charge < -0.3 is 117 Å². The SMILES string of the molecule is CC(C)C[C@H](NC(=O)[C@H](C)NC(=O)[C@H](CCC(=O)O)NC(=O)[C@H](CCC(=O)O)NC(=O)[C@@H](N)CC(=O)O)C(=O)N[C@@H](CCCCN)C(=O)N[C@@H](CCC(N)=O)C(=O)N[C@@H](CC(C)C)C(=O)N[C@@H](C)C(=O)N[C@@H](CCC(=O)O)C(=O)N[C@@H](Cc1c[nH]c2ccccc12)C(=O)N[C@H](C(=O)N[C@@H](CO)C(=O)O)C(C)C. The van der Waals surface area contributed by atoms with E-state index in [1.54, 1.807) is 58.2 Å². The third-order valence-electron chi connectivity index (χ3n) is 16.4. The minimum Gasteiger partial charge on any atom is -0.481 e. The van der Waals surface area contributed by atoms with Crippen molar-refractivity contribution in [3.8, 4) is 0 Å². The Morgan fingerprint density at radius 2 is 0.776 bits per heavy atom. The second kappa shape index (κ2) is 46.1. The largest absolute Gasteiger partial charge is 0.481 e. The molecule has 0 fully saturated rings. The van der Waals surface area contributed by atoms with Gasteiger partial charge in [0, 0.05) is 49.2 Å². The number of carbonyl (C=O) groups excluding carboxylic acids is 13. The molecule has 2 aromatic rings. The number of aromatic nitrogens is 1. The molecule has 107 heavy (non-hydrogen) atoms. The van der Waals surface area contributed by atoms with Gasteiger partial charge in [0.25, 0.3) is 0 Å². The number of H-pyrrole nitrogens is 1. The first-order valence-electron chi connectivity index (χ1n) is 34.7. The molecule has 0 saturated heterocycles. The van der Waals surface area contributed by atoms with E-state index in [2.05, 4.69) is 68.8 Å². The lowest BCUT2D eigenvalue weighted by atomic mass is 10.00. The molecule has 0 aliphatic carbocycles. The Labute approximate surface area is 615 Å². The Hall–Kier alpha value is -10.9. The number of fused-ring (bicyclic) bond motifs is 1. The maximum atomic E-state index is 14.4. The number of hydrogen-bond acceptors (Lipinski definition) is 21. The van der Waals surface area contributed by atoms with Crippen LogP contribution in [-0.4, -0.2) is 234 Å². The molecule has 0 aliphatic rings. The van der Waals surface area contributed by atoms with Crippen LogP contribution in [0, 0.1) is 17.8 Å². The molecule has 1 heterocycles. The van der Waals surface area contributed by atoms with Gasteiger partial charge in [-0.25, -0.2) is 4.79 Å². The fourth-order valence-electron chi connectivity index (χ4n) is 10.6. The number of aliphatic hydroxyl groups is 1. The average Bonchev–Trinajstić information content (AvgIpc) is 1.69. The Morgan fingerprint density at radius 1 is 0.411 bits per heavy atom. The van der Waals surface area contributed by atoms with E-state index < -0.39 is 255 Å². The van der Waals surface area contributed by atoms with E-state index in [9.17, 15) is 112 Å². The van der Waals surface area contributed by atoms with Crippen molar-refractivity contribution in [3.63, 3.8) is 0 Å². The summed E-state index contributed by atoms with van der Waals surface area (Å²) in [6.45, 7) is 11.2. The van der Waals surface area contributed by atoms with Gasteiger partial charge in [-0.3, -0.25) is 81.5 Å². The van der Waals surface area contributed by atoms with E-state index in [0.717, 1.165) is 6.92 Å². The molecule has 13 atom stereocenters. The molecule has 1 aromatic carbocycles. The number of carboxylic acids is 5. The maximum absolute atomic E-state index is 14.4. The monoisotopic (exact) mass is 1520 g/mol. The highest BCUT2D eigenvalue weighted by molar-refractivity contribution is 6.00. The van der Waals surface area contributed by atoms with Crippen LogP contribution in [0.5, 0.6) is 0 Å². The number of aliphatic carboxylic acids is 5. The average molecular weight is 1520 g/mol. The fourth-order valence-corrected chi connectivity index (χ4v) is 10.6. The van der Waals surface area contributed by atoms with Gasteiger partial charge in [-0.05, 0) is 108 Å². The molecule has 1 aromatic heterocycles. The first kappa shape index (κ1) is 92.2.